The van der Waals surface area contributed by atoms with Crippen LogP contribution in [0.2, 0.25) is 0 Å². The Bertz CT molecular complexity index is 335. The quantitative estimate of drug-likeness (QED) is 0.512. The lowest BCUT2D eigenvalue weighted by Crippen LogP contribution is -2.20. The van der Waals surface area contributed by atoms with Crippen LogP contribution in [-0.2, 0) is 0 Å². The van der Waals surface area contributed by atoms with Crippen LogP contribution < -0.4 is 5.73 Å². The molecule has 1 aromatic heterocycles. The molecule has 84 valence electrons. The number of nitrogens with two attached hydrogens (primary N) is 1. The number of hydrogen-bond donors (Lipinski definition) is 4. The Morgan fingerprint density at radius 3 is 2.67 bits per heavy atom. The van der Waals surface area contributed by atoms with Crippen molar-refractivity contribution >= 4 is 5.69 Å². The molecule has 5 N–H and O–H groups in total. The summed E-state index contributed by atoms with van der Waals surface area (Å²) in [4.78, 5) is 3.32. The van der Waals surface area contributed by atoms with Crippen molar-refractivity contribution in [3.05, 3.63) is 23.8 Å². The van der Waals surface area contributed by atoms with Crippen LogP contribution in [0, 0.1) is 5.95 Å². The van der Waals surface area contributed by atoms with E-state index in [-0.39, 0.29) is 24.3 Å². The van der Waals surface area contributed by atoms with E-state index in [0.29, 0.717) is 0 Å². The standard InChI is InChI=1S/C9H13FN2O3/c10-9-6(11)3-5(4-12-9)8(15)7(14)1-2-13/h3-4,7-8,13-15H,1-2,11H2. The molecule has 5 nitrogen and oxygen atoms in total. The lowest BCUT2D eigenvalue weighted by molar-refractivity contribution is 0.00402. The van der Waals surface area contributed by atoms with Gasteiger partial charge >= 0.3 is 0 Å². The van der Waals surface area contributed by atoms with Crippen LogP contribution in [0.3, 0.4) is 0 Å². The first-order valence-electron chi connectivity index (χ1n) is 4.44. The Morgan fingerprint density at radius 1 is 1.47 bits per heavy atom. The summed E-state index contributed by atoms with van der Waals surface area (Å²) in [5.41, 5.74) is 5.28. The molecule has 0 amide bonds. The number of nitrogens with zero attached hydrogens (tertiary/aromatic N) is 1. The van der Waals surface area contributed by atoms with E-state index >= 15 is 0 Å². The number of aliphatic hydroxyl groups excluding tert-OH is 3. The largest absolute Gasteiger partial charge is 0.396 e. The molecule has 1 heterocycles. The van der Waals surface area contributed by atoms with Gasteiger partial charge in [0.1, 0.15) is 6.10 Å². The third-order valence-corrected chi connectivity index (χ3v) is 2.02. The van der Waals surface area contributed by atoms with Crippen LogP contribution in [0.4, 0.5) is 10.1 Å². The fraction of sp³-hybridized carbons (Fsp3) is 0.444. The van der Waals surface area contributed by atoms with Crippen molar-refractivity contribution in [2.24, 2.45) is 0 Å². The van der Waals surface area contributed by atoms with Gasteiger partial charge in [-0.1, -0.05) is 0 Å². The smallest absolute Gasteiger partial charge is 0.236 e. The highest BCUT2D eigenvalue weighted by atomic mass is 19.1. The van der Waals surface area contributed by atoms with E-state index in [4.69, 9.17) is 10.8 Å². The SMILES string of the molecule is Nc1cc(C(O)C(O)CCO)cnc1F. The van der Waals surface area contributed by atoms with Crippen molar-refractivity contribution in [3.8, 4) is 0 Å². The van der Waals surface area contributed by atoms with E-state index < -0.39 is 18.2 Å². The second-order valence-corrected chi connectivity index (χ2v) is 3.17. The fourth-order valence-corrected chi connectivity index (χ4v) is 1.16. The summed E-state index contributed by atoms with van der Waals surface area (Å²) in [6, 6.07) is 1.20. The molecule has 0 aromatic carbocycles. The first-order valence-corrected chi connectivity index (χ1v) is 4.44. The van der Waals surface area contributed by atoms with E-state index in [9.17, 15) is 14.6 Å². The molecule has 0 saturated heterocycles. The van der Waals surface area contributed by atoms with Gasteiger partial charge in [-0.2, -0.15) is 4.39 Å². The minimum Gasteiger partial charge on any atom is -0.396 e. The van der Waals surface area contributed by atoms with E-state index in [1.807, 2.05) is 0 Å². The molecule has 0 bridgehead atoms. The second kappa shape index (κ2) is 5.01. The Balaban J connectivity index is 2.81. The average molecular weight is 216 g/mol. The van der Waals surface area contributed by atoms with Crippen LogP contribution in [0.15, 0.2) is 12.3 Å². The average Bonchev–Trinajstić information content (AvgIpc) is 2.21. The van der Waals surface area contributed by atoms with Crippen LogP contribution in [0.25, 0.3) is 0 Å². The molecule has 0 aliphatic rings. The molecule has 0 saturated carbocycles. The third kappa shape index (κ3) is 2.85. The number of anilines is 1. The maximum absolute atomic E-state index is 12.7. The van der Waals surface area contributed by atoms with E-state index in [2.05, 4.69) is 4.98 Å². The summed E-state index contributed by atoms with van der Waals surface area (Å²) < 4.78 is 12.7. The monoisotopic (exact) mass is 216 g/mol. The molecule has 2 atom stereocenters. The molecule has 0 spiro atoms. The van der Waals surface area contributed by atoms with Gasteiger partial charge in [0, 0.05) is 18.4 Å². The molecule has 1 aromatic rings. The highest BCUT2D eigenvalue weighted by Crippen LogP contribution is 2.20. The number of aliphatic hydroxyl groups is 3. The summed E-state index contributed by atoms with van der Waals surface area (Å²) in [6.45, 7) is -0.248. The minimum atomic E-state index is -1.23. The van der Waals surface area contributed by atoms with Crippen LogP contribution in [0.1, 0.15) is 18.1 Å². The molecule has 6 heteroatoms. The molecular weight excluding hydrogens is 203 g/mol. The predicted molar refractivity (Wildman–Crippen MR) is 51.3 cm³/mol. The Morgan fingerprint density at radius 2 is 2.13 bits per heavy atom. The lowest BCUT2D eigenvalue weighted by Gasteiger charge is -2.17. The second-order valence-electron chi connectivity index (χ2n) is 3.17. The summed E-state index contributed by atoms with van der Waals surface area (Å²) >= 11 is 0. The predicted octanol–water partition coefficient (Wildman–Crippen LogP) is -0.420. The van der Waals surface area contributed by atoms with Crippen LogP contribution >= 0.6 is 0 Å². The molecule has 0 aliphatic heterocycles. The van der Waals surface area contributed by atoms with Crippen molar-refractivity contribution in [2.45, 2.75) is 18.6 Å². The molecule has 0 fully saturated rings. The van der Waals surface area contributed by atoms with Gasteiger partial charge in [-0.05, 0) is 12.5 Å². The zero-order chi connectivity index (χ0) is 11.4. The van der Waals surface area contributed by atoms with Crippen molar-refractivity contribution in [3.63, 3.8) is 0 Å². The van der Waals surface area contributed by atoms with Crippen LogP contribution in [0.5, 0.6) is 0 Å². The minimum absolute atomic E-state index is 0.0262. The Hall–Kier alpha value is -1.24. The summed E-state index contributed by atoms with van der Waals surface area (Å²) in [5.74, 6) is -0.817. The number of aromatic nitrogens is 1. The summed E-state index contributed by atoms with van der Waals surface area (Å²) in [7, 11) is 0. The molecule has 0 radical (unpaired) electrons. The van der Waals surface area contributed by atoms with Crippen molar-refractivity contribution in [1.82, 2.24) is 4.98 Å². The van der Waals surface area contributed by atoms with Gasteiger partial charge in [-0.25, -0.2) is 4.98 Å². The highest BCUT2D eigenvalue weighted by Gasteiger charge is 2.19. The molecule has 15 heavy (non-hydrogen) atoms. The van der Waals surface area contributed by atoms with E-state index in [1.54, 1.807) is 0 Å². The highest BCUT2D eigenvalue weighted by molar-refractivity contribution is 5.39. The maximum Gasteiger partial charge on any atom is 0.236 e. The number of nitrogen functional groups attached to an aromatic ring is 1. The first-order chi connectivity index (χ1) is 7.06. The number of halogens is 1. The van der Waals surface area contributed by atoms with Crippen molar-refractivity contribution in [1.29, 1.82) is 0 Å². The Labute approximate surface area is 86.0 Å². The van der Waals surface area contributed by atoms with Gasteiger partial charge in [0.2, 0.25) is 5.95 Å². The van der Waals surface area contributed by atoms with Gasteiger partial charge in [0.25, 0.3) is 0 Å². The normalized spacial score (nSPS) is 14.9. The zero-order valence-corrected chi connectivity index (χ0v) is 7.97. The summed E-state index contributed by atoms with van der Waals surface area (Å²) in [5, 5.41) is 27.5. The van der Waals surface area contributed by atoms with Crippen molar-refractivity contribution in [2.75, 3.05) is 12.3 Å². The number of pyridine rings is 1. The maximum atomic E-state index is 12.7. The van der Waals surface area contributed by atoms with Crippen LogP contribution in [-0.4, -0.2) is 33.0 Å². The van der Waals surface area contributed by atoms with Gasteiger partial charge in [-0.3, -0.25) is 0 Å². The lowest BCUT2D eigenvalue weighted by atomic mass is 10.0. The van der Waals surface area contributed by atoms with Gasteiger partial charge < -0.3 is 21.1 Å². The van der Waals surface area contributed by atoms with Gasteiger partial charge in [0.15, 0.2) is 0 Å². The molecule has 1 rings (SSSR count). The zero-order valence-electron chi connectivity index (χ0n) is 7.97. The third-order valence-electron chi connectivity index (χ3n) is 2.02. The van der Waals surface area contributed by atoms with Gasteiger partial charge in [-0.15, -0.1) is 0 Å². The molecule has 0 aliphatic carbocycles. The fourth-order valence-electron chi connectivity index (χ4n) is 1.16. The van der Waals surface area contributed by atoms with E-state index in [1.165, 1.54) is 6.07 Å². The number of hydrogen-bond acceptors (Lipinski definition) is 5. The van der Waals surface area contributed by atoms with E-state index in [0.717, 1.165) is 6.20 Å². The van der Waals surface area contributed by atoms with Crippen molar-refractivity contribution < 1.29 is 19.7 Å². The van der Waals surface area contributed by atoms with Gasteiger partial charge in [0.05, 0.1) is 11.8 Å². The summed E-state index contributed by atoms with van der Waals surface area (Å²) in [6.07, 6.45) is -1.23. The molecular formula is C9H13FN2O3. The Kier molecular flexibility index (Phi) is 3.96. The molecule has 2 unspecified atom stereocenters. The number of rotatable bonds is 4. The topological polar surface area (TPSA) is 99.6 Å². The first kappa shape index (κ1) is 11.8.